The van der Waals surface area contributed by atoms with Crippen molar-refractivity contribution in [3.8, 4) is 0 Å². The fourth-order valence-electron chi connectivity index (χ4n) is 2.57. The van der Waals surface area contributed by atoms with Crippen molar-refractivity contribution in [2.45, 2.75) is 45.9 Å². The molecule has 26 heavy (non-hydrogen) atoms. The largest absolute Gasteiger partial charge is 0.273 e. The van der Waals surface area contributed by atoms with Gasteiger partial charge in [0, 0.05) is 11.4 Å². The second kappa shape index (κ2) is 7.41. The zero-order valence-electron chi connectivity index (χ0n) is 15.7. The van der Waals surface area contributed by atoms with E-state index in [1.807, 2.05) is 39.8 Å². The van der Waals surface area contributed by atoms with Gasteiger partial charge in [-0.05, 0) is 60.7 Å². The van der Waals surface area contributed by atoms with Crippen LogP contribution >= 0.6 is 11.6 Å². The molecule has 2 rings (SSSR count). The highest BCUT2D eigenvalue weighted by Gasteiger charge is 2.34. The Morgan fingerprint density at radius 2 is 1.62 bits per heavy atom. The normalized spacial score (nSPS) is 12.1. The number of anilines is 1. The molecule has 0 fully saturated rings. The lowest BCUT2D eigenvalue weighted by molar-refractivity contribution is -0.119. The SMILES string of the molecule is Cc1ccc(C)c(N(C(=O)CC(C)(C)C)S(=O)(=O)c2ccc(Cl)cc2)c1. The van der Waals surface area contributed by atoms with E-state index in [0.29, 0.717) is 10.7 Å². The van der Waals surface area contributed by atoms with Crippen LogP contribution in [0.1, 0.15) is 38.3 Å². The van der Waals surface area contributed by atoms with E-state index in [2.05, 4.69) is 0 Å². The second-order valence-corrected chi connectivity index (χ2v) is 9.87. The van der Waals surface area contributed by atoms with Gasteiger partial charge in [-0.2, -0.15) is 0 Å². The highest BCUT2D eigenvalue weighted by molar-refractivity contribution is 7.93. The van der Waals surface area contributed by atoms with Crippen LogP contribution in [-0.4, -0.2) is 14.3 Å². The molecule has 0 N–H and O–H groups in total. The molecule has 0 atom stereocenters. The van der Waals surface area contributed by atoms with Crippen LogP contribution in [-0.2, 0) is 14.8 Å². The Kier molecular flexibility index (Phi) is 5.83. The zero-order chi connectivity index (χ0) is 19.7. The van der Waals surface area contributed by atoms with Crippen molar-refractivity contribution in [2.75, 3.05) is 4.31 Å². The van der Waals surface area contributed by atoms with Gasteiger partial charge in [-0.3, -0.25) is 4.79 Å². The molecule has 0 aliphatic heterocycles. The monoisotopic (exact) mass is 393 g/mol. The molecule has 4 nitrogen and oxygen atoms in total. The summed E-state index contributed by atoms with van der Waals surface area (Å²) in [6.45, 7) is 9.37. The van der Waals surface area contributed by atoms with E-state index in [-0.39, 0.29) is 16.7 Å². The smallest absolute Gasteiger partial charge is 0.270 e. The molecule has 2 aromatic carbocycles. The van der Waals surface area contributed by atoms with Crippen LogP contribution < -0.4 is 4.31 Å². The maximum absolute atomic E-state index is 13.3. The van der Waals surface area contributed by atoms with E-state index >= 15 is 0 Å². The van der Waals surface area contributed by atoms with E-state index in [4.69, 9.17) is 11.6 Å². The first-order chi connectivity index (χ1) is 11.9. The number of aryl methyl sites for hydroxylation is 2. The summed E-state index contributed by atoms with van der Waals surface area (Å²) < 4.78 is 27.5. The third-order valence-corrected chi connectivity index (χ3v) is 5.84. The van der Waals surface area contributed by atoms with Crippen molar-refractivity contribution in [1.29, 1.82) is 0 Å². The molecule has 0 aromatic heterocycles. The molecule has 0 spiro atoms. The van der Waals surface area contributed by atoms with Crippen LogP contribution in [0, 0.1) is 19.3 Å². The summed E-state index contributed by atoms with van der Waals surface area (Å²) in [6.07, 6.45) is 0.104. The summed E-state index contributed by atoms with van der Waals surface area (Å²) in [7, 11) is -4.06. The standard InChI is InChI=1S/C20H24ClNO3S/c1-14-6-7-15(2)18(12-14)22(19(23)13-20(3,4)5)26(24,25)17-10-8-16(21)9-11-17/h6-12H,13H2,1-5H3. The van der Waals surface area contributed by atoms with Crippen LogP contribution in [0.2, 0.25) is 5.02 Å². The van der Waals surface area contributed by atoms with Crippen molar-refractivity contribution < 1.29 is 13.2 Å². The first-order valence-corrected chi connectivity index (χ1v) is 10.1. The Bertz CT molecular complexity index is 913. The lowest BCUT2D eigenvalue weighted by atomic mass is 9.92. The third kappa shape index (κ3) is 4.65. The predicted molar refractivity (Wildman–Crippen MR) is 106 cm³/mol. The molecule has 0 aliphatic carbocycles. The number of carbonyl (C=O) groups excluding carboxylic acids is 1. The van der Waals surface area contributed by atoms with Gasteiger partial charge in [-0.1, -0.05) is 44.5 Å². The Morgan fingerprint density at radius 3 is 2.15 bits per heavy atom. The fraction of sp³-hybridized carbons (Fsp3) is 0.350. The molecule has 140 valence electrons. The molecular weight excluding hydrogens is 370 g/mol. The van der Waals surface area contributed by atoms with Gasteiger partial charge in [-0.25, -0.2) is 12.7 Å². The van der Waals surface area contributed by atoms with Gasteiger partial charge in [0.05, 0.1) is 10.6 Å². The summed E-state index contributed by atoms with van der Waals surface area (Å²) in [5, 5.41) is 0.434. The molecule has 0 aliphatic rings. The van der Waals surface area contributed by atoms with Crippen molar-refractivity contribution >= 4 is 33.2 Å². The van der Waals surface area contributed by atoms with Crippen LogP contribution in [0.5, 0.6) is 0 Å². The molecule has 0 heterocycles. The lowest BCUT2D eigenvalue weighted by Gasteiger charge is -2.27. The van der Waals surface area contributed by atoms with Gasteiger partial charge < -0.3 is 0 Å². The second-order valence-electron chi connectivity index (χ2n) is 7.64. The van der Waals surface area contributed by atoms with Gasteiger partial charge >= 0.3 is 0 Å². The van der Waals surface area contributed by atoms with E-state index in [1.165, 1.54) is 24.3 Å². The molecule has 0 saturated carbocycles. The van der Waals surface area contributed by atoms with E-state index in [9.17, 15) is 13.2 Å². The highest BCUT2D eigenvalue weighted by atomic mass is 35.5. The van der Waals surface area contributed by atoms with Crippen LogP contribution in [0.4, 0.5) is 5.69 Å². The van der Waals surface area contributed by atoms with Gasteiger partial charge in [0.2, 0.25) is 5.91 Å². The summed E-state index contributed by atoms with van der Waals surface area (Å²) >= 11 is 5.88. The van der Waals surface area contributed by atoms with Crippen molar-refractivity contribution in [1.82, 2.24) is 0 Å². The highest BCUT2D eigenvalue weighted by Crippen LogP contribution is 2.31. The zero-order valence-corrected chi connectivity index (χ0v) is 17.3. The topological polar surface area (TPSA) is 54.5 Å². The third-order valence-electron chi connectivity index (χ3n) is 3.84. The van der Waals surface area contributed by atoms with Gasteiger partial charge in [0.25, 0.3) is 10.0 Å². The number of halogens is 1. The van der Waals surface area contributed by atoms with E-state index in [0.717, 1.165) is 15.4 Å². The molecule has 0 unspecified atom stereocenters. The van der Waals surface area contributed by atoms with Crippen LogP contribution in [0.3, 0.4) is 0 Å². The Balaban J connectivity index is 2.65. The van der Waals surface area contributed by atoms with E-state index in [1.54, 1.807) is 13.0 Å². The molecule has 2 aromatic rings. The lowest BCUT2D eigenvalue weighted by Crippen LogP contribution is -2.39. The van der Waals surface area contributed by atoms with E-state index < -0.39 is 15.9 Å². The number of hydrogen-bond donors (Lipinski definition) is 0. The maximum Gasteiger partial charge on any atom is 0.270 e. The van der Waals surface area contributed by atoms with Crippen LogP contribution in [0.25, 0.3) is 0 Å². The molecule has 1 amide bonds. The fourth-order valence-corrected chi connectivity index (χ4v) is 4.18. The number of rotatable bonds is 4. The molecule has 0 radical (unpaired) electrons. The average molecular weight is 394 g/mol. The molecular formula is C20H24ClNO3S. The number of amides is 1. The van der Waals surface area contributed by atoms with Crippen molar-refractivity contribution in [3.63, 3.8) is 0 Å². The molecule has 0 bridgehead atoms. The summed E-state index contributed by atoms with van der Waals surface area (Å²) in [6, 6.07) is 11.3. The van der Waals surface area contributed by atoms with Crippen molar-refractivity contribution in [3.05, 3.63) is 58.6 Å². The van der Waals surface area contributed by atoms with Crippen molar-refractivity contribution in [2.24, 2.45) is 5.41 Å². The minimum absolute atomic E-state index is 0.0325. The Hall–Kier alpha value is -1.85. The Morgan fingerprint density at radius 1 is 1.04 bits per heavy atom. The summed E-state index contributed by atoms with van der Waals surface area (Å²) in [4.78, 5) is 13.1. The number of hydrogen-bond acceptors (Lipinski definition) is 3. The summed E-state index contributed by atoms with van der Waals surface area (Å²) in [5.41, 5.74) is 1.64. The van der Waals surface area contributed by atoms with Gasteiger partial charge in [-0.15, -0.1) is 0 Å². The first kappa shape index (κ1) is 20.5. The average Bonchev–Trinajstić information content (AvgIpc) is 2.49. The maximum atomic E-state index is 13.3. The number of carbonyl (C=O) groups is 1. The molecule has 0 saturated heterocycles. The van der Waals surface area contributed by atoms with Gasteiger partial charge in [0.1, 0.15) is 0 Å². The first-order valence-electron chi connectivity index (χ1n) is 8.33. The van der Waals surface area contributed by atoms with Crippen LogP contribution in [0.15, 0.2) is 47.4 Å². The quantitative estimate of drug-likeness (QED) is 0.724. The minimum atomic E-state index is -4.06. The minimum Gasteiger partial charge on any atom is -0.273 e. The van der Waals surface area contributed by atoms with Gasteiger partial charge in [0.15, 0.2) is 0 Å². The number of benzene rings is 2. The summed E-state index contributed by atoms with van der Waals surface area (Å²) in [5.74, 6) is -0.457. The number of sulfonamides is 1. The predicted octanol–water partition coefficient (Wildman–Crippen LogP) is 5.11. The number of nitrogens with zero attached hydrogens (tertiary/aromatic N) is 1. The molecule has 6 heteroatoms. The Labute approximate surface area is 160 Å².